The molecule has 1 atom stereocenters. The number of hydrogen-bond acceptors (Lipinski definition) is 4. The first-order chi connectivity index (χ1) is 10.8. The van der Waals surface area contributed by atoms with Crippen LogP contribution in [-0.4, -0.2) is 28.3 Å². The quantitative estimate of drug-likeness (QED) is 0.811. The van der Waals surface area contributed by atoms with Crippen molar-refractivity contribution in [1.82, 2.24) is 15.1 Å². The third kappa shape index (κ3) is 4.26. The molecule has 0 radical (unpaired) electrons. The van der Waals surface area contributed by atoms with Crippen LogP contribution in [0, 0.1) is 5.92 Å². The molecule has 126 valence electrons. The molecule has 2 heterocycles. The minimum atomic E-state index is -0.169. The summed E-state index contributed by atoms with van der Waals surface area (Å²) >= 11 is 13.7. The molecule has 1 amide bonds. The molecule has 2 rings (SSSR count). The van der Waals surface area contributed by atoms with E-state index in [2.05, 4.69) is 24.3 Å². The molecule has 0 aliphatic rings. The second-order valence-electron chi connectivity index (χ2n) is 5.80. The highest BCUT2D eigenvalue weighted by molar-refractivity contribution is 7.18. The molecule has 5 nitrogen and oxygen atoms in total. The van der Waals surface area contributed by atoms with Crippen LogP contribution in [0.25, 0.3) is 11.3 Å². The van der Waals surface area contributed by atoms with Crippen LogP contribution in [0.2, 0.25) is 9.36 Å². The van der Waals surface area contributed by atoms with Gasteiger partial charge in [0.25, 0.3) is 5.91 Å². The van der Waals surface area contributed by atoms with Crippen molar-refractivity contribution < 1.29 is 4.79 Å². The van der Waals surface area contributed by atoms with E-state index in [4.69, 9.17) is 28.9 Å². The average molecular weight is 375 g/mol. The van der Waals surface area contributed by atoms with Gasteiger partial charge in [0.1, 0.15) is 4.34 Å². The molecule has 0 aliphatic heterocycles. The third-order valence-corrected chi connectivity index (χ3v) is 5.07. The lowest BCUT2D eigenvalue weighted by Gasteiger charge is -2.18. The summed E-state index contributed by atoms with van der Waals surface area (Å²) in [4.78, 5) is 13.0. The van der Waals surface area contributed by atoms with Crippen molar-refractivity contribution in [2.45, 2.75) is 26.3 Å². The molecule has 0 aliphatic carbocycles. The Morgan fingerprint density at radius 1 is 1.48 bits per heavy atom. The number of carbonyl (C=O) groups is 1. The van der Waals surface area contributed by atoms with Crippen molar-refractivity contribution in [2.75, 3.05) is 6.54 Å². The minimum Gasteiger partial charge on any atom is -0.347 e. The van der Waals surface area contributed by atoms with E-state index in [1.165, 1.54) is 11.3 Å². The van der Waals surface area contributed by atoms with Gasteiger partial charge in [-0.25, -0.2) is 0 Å². The Morgan fingerprint density at radius 2 is 2.17 bits per heavy atom. The largest absolute Gasteiger partial charge is 0.347 e. The maximum Gasteiger partial charge on any atom is 0.261 e. The smallest absolute Gasteiger partial charge is 0.261 e. The summed E-state index contributed by atoms with van der Waals surface area (Å²) in [5, 5.41) is 7.56. The number of halogens is 2. The summed E-state index contributed by atoms with van der Waals surface area (Å²) in [6, 6.07) is 1.70. The Labute approximate surface area is 149 Å². The molecule has 0 spiro atoms. The van der Waals surface area contributed by atoms with Gasteiger partial charge in [-0.15, -0.1) is 11.3 Å². The van der Waals surface area contributed by atoms with Crippen LogP contribution < -0.4 is 11.1 Å². The standard InChI is InChI=1S/C15H20Cl2N4OS/c1-8(2)4-9(6-18)20-15(22)12-5-10(14(17)23-12)13-11(16)7-19-21(13)3/h5,7-9H,4,6,18H2,1-3H3,(H,20,22)/t9-/m0/s1. The maximum atomic E-state index is 12.4. The van der Waals surface area contributed by atoms with Crippen molar-refractivity contribution in [3.8, 4) is 11.3 Å². The number of nitrogens with two attached hydrogens (primary N) is 1. The van der Waals surface area contributed by atoms with E-state index < -0.39 is 0 Å². The highest BCUT2D eigenvalue weighted by Crippen LogP contribution is 2.38. The van der Waals surface area contributed by atoms with E-state index in [9.17, 15) is 4.79 Å². The SMILES string of the molecule is CC(C)C[C@@H](CN)NC(=O)c1cc(-c2c(Cl)cnn2C)c(Cl)s1. The third-order valence-electron chi connectivity index (χ3n) is 3.44. The van der Waals surface area contributed by atoms with E-state index in [1.54, 1.807) is 24.0 Å². The molecule has 0 bridgehead atoms. The molecule has 0 aromatic carbocycles. The molecular formula is C15H20Cl2N4OS. The number of nitrogens with zero attached hydrogens (tertiary/aromatic N) is 2. The molecule has 3 N–H and O–H groups in total. The number of thiophene rings is 1. The van der Waals surface area contributed by atoms with Gasteiger partial charge in [0.05, 0.1) is 21.8 Å². The maximum absolute atomic E-state index is 12.4. The summed E-state index contributed by atoms with van der Waals surface area (Å²) in [6.07, 6.45) is 2.39. The molecule has 2 aromatic heterocycles. The van der Waals surface area contributed by atoms with Crippen LogP contribution in [0.5, 0.6) is 0 Å². The van der Waals surface area contributed by atoms with Crippen LogP contribution in [-0.2, 0) is 7.05 Å². The van der Waals surface area contributed by atoms with Crippen molar-refractivity contribution in [3.05, 3.63) is 26.5 Å². The first kappa shape index (κ1) is 18.3. The topological polar surface area (TPSA) is 72.9 Å². The summed E-state index contributed by atoms with van der Waals surface area (Å²) in [6.45, 7) is 4.60. The zero-order chi connectivity index (χ0) is 17.1. The van der Waals surface area contributed by atoms with Gasteiger partial charge in [0.2, 0.25) is 0 Å². The predicted octanol–water partition coefficient (Wildman–Crippen LogP) is 3.56. The fourth-order valence-corrected chi connectivity index (χ4v) is 3.84. The minimum absolute atomic E-state index is 0.0490. The van der Waals surface area contributed by atoms with Gasteiger partial charge in [-0.05, 0) is 18.4 Å². The van der Waals surface area contributed by atoms with Crippen LogP contribution >= 0.6 is 34.5 Å². The Bertz CT molecular complexity index is 676. The number of rotatable bonds is 6. The zero-order valence-corrected chi connectivity index (χ0v) is 15.6. The summed E-state index contributed by atoms with van der Waals surface area (Å²) in [5.41, 5.74) is 7.14. The van der Waals surface area contributed by atoms with Gasteiger partial charge >= 0.3 is 0 Å². The lowest BCUT2D eigenvalue weighted by atomic mass is 10.0. The van der Waals surface area contributed by atoms with Crippen molar-refractivity contribution in [1.29, 1.82) is 0 Å². The van der Waals surface area contributed by atoms with Gasteiger partial charge in [0, 0.05) is 25.2 Å². The summed E-state index contributed by atoms with van der Waals surface area (Å²) < 4.78 is 2.15. The van der Waals surface area contributed by atoms with Gasteiger partial charge in [-0.2, -0.15) is 5.10 Å². The monoisotopic (exact) mass is 374 g/mol. The Hall–Kier alpha value is -1.08. The van der Waals surface area contributed by atoms with Crippen LogP contribution in [0.1, 0.15) is 29.9 Å². The molecule has 0 saturated carbocycles. The molecule has 2 aromatic rings. The lowest BCUT2D eigenvalue weighted by Crippen LogP contribution is -2.40. The highest BCUT2D eigenvalue weighted by atomic mass is 35.5. The Morgan fingerprint density at radius 3 is 2.70 bits per heavy atom. The van der Waals surface area contributed by atoms with E-state index >= 15 is 0 Å². The number of aryl methyl sites for hydroxylation is 1. The second kappa shape index (κ2) is 7.66. The van der Waals surface area contributed by atoms with Gasteiger partial charge in [-0.3, -0.25) is 9.48 Å². The van der Waals surface area contributed by atoms with E-state index in [0.29, 0.717) is 38.0 Å². The first-order valence-corrected chi connectivity index (χ1v) is 8.88. The molecule has 8 heteroatoms. The fourth-order valence-electron chi connectivity index (χ4n) is 2.40. The number of carbonyl (C=O) groups excluding carboxylic acids is 1. The molecular weight excluding hydrogens is 355 g/mol. The normalized spacial score (nSPS) is 12.7. The summed E-state index contributed by atoms with van der Waals surface area (Å²) in [7, 11) is 1.78. The predicted molar refractivity (Wildman–Crippen MR) is 96.3 cm³/mol. The summed E-state index contributed by atoms with van der Waals surface area (Å²) in [5.74, 6) is 0.289. The number of amides is 1. The number of aromatic nitrogens is 2. The van der Waals surface area contributed by atoms with Crippen LogP contribution in [0.4, 0.5) is 0 Å². The Kier molecular flexibility index (Phi) is 6.08. The van der Waals surface area contributed by atoms with Crippen molar-refractivity contribution >= 4 is 40.4 Å². The van der Waals surface area contributed by atoms with Gasteiger partial charge in [0.15, 0.2) is 0 Å². The zero-order valence-electron chi connectivity index (χ0n) is 13.3. The van der Waals surface area contributed by atoms with Gasteiger partial charge < -0.3 is 11.1 Å². The Balaban J connectivity index is 2.22. The van der Waals surface area contributed by atoms with E-state index in [-0.39, 0.29) is 11.9 Å². The number of nitrogens with one attached hydrogen (secondary N) is 1. The second-order valence-corrected chi connectivity index (χ2v) is 7.86. The van der Waals surface area contributed by atoms with Crippen molar-refractivity contribution in [3.63, 3.8) is 0 Å². The molecule has 23 heavy (non-hydrogen) atoms. The first-order valence-electron chi connectivity index (χ1n) is 7.31. The van der Waals surface area contributed by atoms with Crippen molar-refractivity contribution in [2.24, 2.45) is 18.7 Å². The van der Waals surface area contributed by atoms with E-state index in [1.807, 2.05) is 0 Å². The molecule has 0 unspecified atom stereocenters. The highest BCUT2D eigenvalue weighted by Gasteiger charge is 2.21. The van der Waals surface area contributed by atoms with Gasteiger partial charge in [-0.1, -0.05) is 37.0 Å². The molecule has 0 saturated heterocycles. The van der Waals surface area contributed by atoms with E-state index in [0.717, 1.165) is 6.42 Å². The number of hydrogen-bond donors (Lipinski definition) is 2. The average Bonchev–Trinajstić information content (AvgIpc) is 3.00. The fraction of sp³-hybridized carbons (Fsp3) is 0.467. The van der Waals surface area contributed by atoms with Crippen LogP contribution in [0.15, 0.2) is 12.3 Å². The lowest BCUT2D eigenvalue weighted by molar-refractivity contribution is 0.0938. The molecule has 0 fully saturated rings. The van der Waals surface area contributed by atoms with Crippen LogP contribution in [0.3, 0.4) is 0 Å².